The van der Waals surface area contributed by atoms with Crippen LogP contribution in [0.2, 0.25) is 0 Å². The molecule has 108 valence electrons. The van der Waals surface area contributed by atoms with Gasteiger partial charge in [0.1, 0.15) is 0 Å². The van der Waals surface area contributed by atoms with Gasteiger partial charge in [-0.2, -0.15) is 9.95 Å². The number of carbonyl (C=O) groups is 2. The summed E-state index contributed by atoms with van der Waals surface area (Å²) in [5.74, 6) is 3.83. The van der Waals surface area contributed by atoms with Crippen molar-refractivity contribution in [1.29, 1.82) is 0 Å². The molecule has 2 amide bonds. The third kappa shape index (κ3) is 3.71. The number of nitrogens with one attached hydrogen (secondary N) is 2. The number of rotatable bonds is 5. The van der Waals surface area contributed by atoms with Crippen LogP contribution in [-0.4, -0.2) is 16.8 Å². The average molecular weight is 286 g/mol. The van der Waals surface area contributed by atoms with E-state index >= 15 is 0 Å². The van der Waals surface area contributed by atoms with E-state index in [1.165, 1.54) is 0 Å². The molecule has 0 fully saturated rings. The largest absolute Gasteiger partial charge is 0.277 e. The molecule has 0 unspecified atom stereocenters. The van der Waals surface area contributed by atoms with Crippen LogP contribution in [-0.2, 0) is 4.94 Å². The number of benzene rings is 2. The first-order valence-electron chi connectivity index (χ1n) is 6.10. The first kappa shape index (κ1) is 14.8. The lowest BCUT2D eigenvalue weighted by molar-refractivity contribution is -0.106. The molecule has 0 aliphatic carbocycles. The Morgan fingerprint density at radius 3 is 1.67 bits per heavy atom. The van der Waals surface area contributed by atoms with Crippen LogP contribution in [0.3, 0.4) is 0 Å². The normalized spacial score (nSPS) is 10.1. The number of hydrogen-bond acceptors (Lipinski definition) is 6. The highest BCUT2D eigenvalue weighted by Crippen LogP contribution is 2.08. The van der Waals surface area contributed by atoms with Gasteiger partial charge < -0.3 is 0 Å². The molecule has 21 heavy (non-hydrogen) atoms. The second-order valence-electron chi connectivity index (χ2n) is 3.99. The number of imide groups is 1. The summed E-state index contributed by atoms with van der Waals surface area (Å²) in [6, 6.07) is 16.7. The van der Waals surface area contributed by atoms with Gasteiger partial charge in [0, 0.05) is 11.1 Å². The molecule has 0 saturated heterocycles. The van der Waals surface area contributed by atoms with Gasteiger partial charge in [0.15, 0.2) is 0 Å². The smallest absolute Gasteiger partial charge is 0.267 e. The third-order valence-electron chi connectivity index (χ3n) is 2.64. The van der Waals surface area contributed by atoms with Crippen LogP contribution >= 0.6 is 0 Å². The molecule has 2 aromatic rings. The number of nitrogens with zero attached hydrogens (tertiary/aromatic N) is 1. The van der Waals surface area contributed by atoms with Gasteiger partial charge in [-0.3, -0.25) is 9.59 Å². The lowest BCUT2D eigenvalue weighted by Gasteiger charge is -2.20. The van der Waals surface area contributed by atoms with Crippen molar-refractivity contribution in [3.63, 3.8) is 0 Å². The van der Waals surface area contributed by atoms with Gasteiger partial charge in [-0.1, -0.05) is 42.0 Å². The van der Waals surface area contributed by atoms with Crippen molar-refractivity contribution in [1.82, 2.24) is 16.2 Å². The number of hydrazine groups is 2. The first-order chi connectivity index (χ1) is 10.2. The number of nitrogens with two attached hydrogens (primary N) is 1. The van der Waals surface area contributed by atoms with Crippen LogP contribution in [0.15, 0.2) is 60.7 Å². The maximum atomic E-state index is 12.4. The van der Waals surface area contributed by atoms with Crippen molar-refractivity contribution in [3.8, 4) is 0 Å². The Kier molecular flexibility index (Phi) is 5.13. The SMILES string of the molecule is NNONN(C(=O)c1ccccc1)C(=O)c1ccccc1. The second kappa shape index (κ2) is 7.27. The average Bonchev–Trinajstić information content (AvgIpc) is 2.56. The topological polar surface area (TPSA) is 96.7 Å². The van der Waals surface area contributed by atoms with Gasteiger partial charge in [0.25, 0.3) is 11.8 Å². The summed E-state index contributed by atoms with van der Waals surface area (Å²) in [5, 5.41) is 0.727. The Morgan fingerprint density at radius 1 is 0.857 bits per heavy atom. The molecule has 0 aliphatic rings. The highest BCUT2D eigenvalue weighted by Gasteiger charge is 2.24. The molecule has 0 bridgehead atoms. The summed E-state index contributed by atoms with van der Waals surface area (Å²) in [5.41, 5.74) is 4.67. The zero-order valence-corrected chi connectivity index (χ0v) is 11.0. The minimum absolute atomic E-state index is 0.329. The zero-order valence-electron chi connectivity index (χ0n) is 11.0. The van der Waals surface area contributed by atoms with Gasteiger partial charge in [-0.25, -0.2) is 5.84 Å². The number of hydrogen-bond donors (Lipinski definition) is 3. The fourth-order valence-corrected chi connectivity index (χ4v) is 1.67. The fourth-order valence-electron chi connectivity index (χ4n) is 1.67. The lowest BCUT2D eigenvalue weighted by atomic mass is 10.2. The molecule has 2 aromatic carbocycles. The van der Waals surface area contributed by atoms with Crippen LogP contribution in [0.4, 0.5) is 0 Å². The van der Waals surface area contributed by atoms with E-state index in [4.69, 9.17) is 5.84 Å². The van der Waals surface area contributed by atoms with E-state index in [1.54, 1.807) is 60.7 Å². The van der Waals surface area contributed by atoms with Crippen molar-refractivity contribution >= 4 is 11.8 Å². The van der Waals surface area contributed by atoms with Gasteiger partial charge in [-0.15, -0.1) is 5.59 Å². The summed E-state index contributed by atoms with van der Waals surface area (Å²) in [6.45, 7) is 0. The minimum Gasteiger partial charge on any atom is -0.267 e. The van der Waals surface area contributed by atoms with E-state index in [0.29, 0.717) is 11.1 Å². The minimum atomic E-state index is -0.570. The molecule has 0 radical (unpaired) electrons. The van der Waals surface area contributed by atoms with Crippen LogP contribution in [0.5, 0.6) is 0 Å². The molecule has 0 aromatic heterocycles. The zero-order chi connectivity index (χ0) is 15.1. The standard InChI is InChI=1S/C14H14N4O3/c15-16-21-17-18(13(19)11-7-3-1-4-8-11)14(20)12-9-5-2-6-10-12/h1-10,16-17H,15H2. The summed E-state index contributed by atoms with van der Waals surface area (Å²) in [6.07, 6.45) is 0. The van der Waals surface area contributed by atoms with E-state index < -0.39 is 11.8 Å². The molecule has 0 spiro atoms. The molecule has 0 aliphatic heterocycles. The Bertz CT molecular complexity index is 553. The molecule has 2 rings (SSSR count). The molecule has 7 heteroatoms. The molecule has 4 N–H and O–H groups in total. The van der Waals surface area contributed by atoms with E-state index in [9.17, 15) is 9.59 Å². The molecular formula is C14H14N4O3. The van der Waals surface area contributed by atoms with Crippen molar-refractivity contribution in [3.05, 3.63) is 71.8 Å². The molecular weight excluding hydrogens is 272 g/mol. The molecule has 0 heterocycles. The molecule has 0 saturated carbocycles. The van der Waals surface area contributed by atoms with Crippen molar-refractivity contribution in [2.75, 3.05) is 0 Å². The van der Waals surface area contributed by atoms with Crippen molar-refractivity contribution in [2.45, 2.75) is 0 Å². The van der Waals surface area contributed by atoms with Gasteiger partial charge in [0.2, 0.25) is 0 Å². The Labute approximate surface area is 121 Å². The quantitative estimate of drug-likeness (QED) is 0.427. The van der Waals surface area contributed by atoms with Crippen LogP contribution in [0.1, 0.15) is 20.7 Å². The highest BCUT2D eigenvalue weighted by molar-refractivity contribution is 6.09. The predicted molar refractivity (Wildman–Crippen MR) is 74.9 cm³/mol. The fraction of sp³-hybridized carbons (Fsp3) is 0. The van der Waals surface area contributed by atoms with Crippen LogP contribution < -0.4 is 17.0 Å². The maximum Gasteiger partial charge on any atom is 0.277 e. The van der Waals surface area contributed by atoms with Crippen LogP contribution in [0.25, 0.3) is 0 Å². The Balaban J connectivity index is 2.26. The molecule has 7 nitrogen and oxygen atoms in total. The van der Waals surface area contributed by atoms with Gasteiger partial charge >= 0.3 is 0 Å². The summed E-state index contributed by atoms with van der Waals surface area (Å²) in [7, 11) is 0. The Hall–Kier alpha value is -2.58. The highest BCUT2D eigenvalue weighted by atomic mass is 16.8. The van der Waals surface area contributed by atoms with Gasteiger partial charge in [-0.05, 0) is 24.3 Å². The third-order valence-corrected chi connectivity index (χ3v) is 2.64. The van der Waals surface area contributed by atoms with E-state index in [0.717, 1.165) is 5.01 Å². The number of carbonyl (C=O) groups excluding carboxylic acids is 2. The van der Waals surface area contributed by atoms with Crippen LogP contribution in [0, 0.1) is 0 Å². The van der Waals surface area contributed by atoms with Gasteiger partial charge in [0.05, 0.1) is 0 Å². The second-order valence-corrected chi connectivity index (χ2v) is 3.99. The summed E-state index contributed by atoms with van der Waals surface area (Å²) >= 11 is 0. The van der Waals surface area contributed by atoms with E-state index in [2.05, 4.69) is 10.5 Å². The van der Waals surface area contributed by atoms with Crippen molar-refractivity contribution < 1.29 is 14.5 Å². The summed E-state index contributed by atoms with van der Waals surface area (Å²) < 4.78 is 0. The maximum absolute atomic E-state index is 12.4. The Morgan fingerprint density at radius 2 is 1.29 bits per heavy atom. The lowest BCUT2D eigenvalue weighted by Crippen LogP contribution is -2.50. The van der Waals surface area contributed by atoms with Crippen molar-refractivity contribution in [2.24, 2.45) is 5.84 Å². The predicted octanol–water partition coefficient (Wildman–Crippen LogP) is 0.784. The van der Waals surface area contributed by atoms with E-state index in [-0.39, 0.29) is 0 Å². The summed E-state index contributed by atoms with van der Waals surface area (Å²) in [4.78, 5) is 29.3. The first-order valence-corrected chi connectivity index (χ1v) is 6.10. The monoisotopic (exact) mass is 286 g/mol. The molecule has 0 atom stereocenters. The van der Waals surface area contributed by atoms with E-state index in [1.807, 2.05) is 5.59 Å². The number of amides is 2.